The Balaban J connectivity index is 2.45. The van der Waals surface area contributed by atoms with Gasteiger partial charge >= 0.3 is 11.9 Å². The maximum Gasteiger partial charge on any atom is 0.334 e. The van der Waals surface area contributed by atoms with Crippen LogP contribution in [-0.4, -0.2) is 46.1 Å². The summed E-state index contributed by atoms with van der Waals surface area (Å²) in [5, 5.41) is 21.0. The Morgan fingerprint density at radius 1 is 1.50 bits per heavy atom. The second kappa shape index (κ2) is 7.76. The number of rotatable bonds is 2. The van der Waals surface area contributed by atoms with Gasteiger partial charge in [0.2, 0.25) is 0 Å². The van der Waals surface area contributed by atoms with Gasteiger partial charge in [0, 0.05) is 17.6 Å². The topological polar surface area (TPSA) is 93.1 Å². The molecule has 0 bridgehead atoms. The van der Waals surface area contributed by atoms with Gasteiger partial charge in [0.25, 0.3) is 0 Å². The van der Waals surface area contributed by atoms with Crippen molar-refractivity contribution in [3.05, 3.63) is 35.5 Å². The minimum atomic E-state index is -1.18. The van der Waals surface area contributed by atoms with E-state index in [0.717, 1.165) is 0 Å². The third-order valence-electron chi connectivity index (χ3n) is 5.23. The summed E-state index contributed by atoms with van der Waals surface area (Å²) in [4.78, 5) is 24.4. The molecule has 2 aliphatic rings. The van der Waals surface area contributed by atoms with Crippen LogP contribution in [-0.2, 0) is 19.1 Å². The van der Waals surface area contributed by atoms with Crippen molar-refractivity contribution in [3.8, 4) is 0 Å². The fourth-order valence-electron chi connectivity index (χ4n) is 3.35. The number of carbonyl (C=O) groups is 2. The van der Waals surface area contributed by atoms with E-state index in [0.29, 0.717) is 24.0 Å². The summed E-state index contributed by atoms with van der Waals surface area (Å²) in [6.45, 7) is 10.6. The molecule has 1 aliphatic carbocycles. The standard InChI is InChI=1S/C20H28O6/c1-6-11(2)18(22)26-16-10-20(5,24)8-7-14(21)12(3)9-15-17(16)13(4)19(23)25-15/h6,9,14-17,21,24H,4,7-8,10H2,1-3,5H3/b11-6-,12-9+/t14-,15+,16+,17-,20-/m0/s1. The highest BCUT2D eigenvalue weighted by Crippen LogP contribution is 2.38. The summed E-state index contributed by atoms with van der Waals surface area (Å²) in [5.41, 5.74) is 0.121. The van der Waals surface area contributed by atoms with Gasteiger partial charge in [-0.15, -0.1) is 0 Å². The molecule has 0 aromatic heterocycles. The van der Waals surface area contributed by atoms with Crippen molar-refractivity contribution in [2.45, 2.75) is 70.9 Å². The van der Waals surface area contributed by atoms with Crippen LogP contribution in [0.3, 0.4) is 0 Å². The lowest BCUT2D eigenvalue weighted by Crippen LogP contribution is -2.41. The predicted octanol–water partition coefficient (Wildman–Crippen LogP) is 2.20. The smallest absolute Gasteiger partial charge is 0.334 e. The van der Waals surface area contributed by atoms with E-state index in [1.54, 1.807) is 39.8 Å². The predicted molar refractivity (Wildman–Crippen MR) is 96.1 cm³/mol. The van der Waals surface area contributed by atoms with Gasteiger partial charge in [0.15, 0.2) is 0 Å². The number of aliphatic hydroxyl groups excluding tert-OH is 1. The molecule has 2 rings (SSSR count). The van der Waals surface area contributed by atoms with Crippen molar-refractivity contribution in [3.63, 3.8) is 0 Å². The Labute approximate surface area is 154 Å². The molecule has 0 unspecified atom stereocenters. The van der Waals surface area contributed by atoms with Gasteiger partial charge in [-0.1, -0.05) is 12.7 Å². The van der Waals surface area contributed by atoms with Crippen molar-refractivity contribution in [1.82, 2.24) is 0 Å². The average molecular weight is 364 g/mol. The molecule has 0 aromatic rings. The molecule has 1 aliphatic heterocycles. The Kier molecular flexibility index (Phi) is 6.09. The maximum absolute atomic E-state index is 12.3. The number of carbonyl (C=O) groups excluding carboxylic acids is 2. The monoisotopic (exact) mass is 364 g/mol. The summed E-state index contributed by atoms with van der Waals surface area (Å²) in [6.07, 6.45) is 1.94. The summed E-state index contributed by atoms with van der Waals surface area (Å²) >= 11 is 0. The lowest BCUT2D eigenvalue weighted by molar-refractivity contribution is -0.151. The third kappa shape index (κ3) is 4.43. The molecule has 5 atom stereocenters. The number of hydrogen-bond donors (Lipinski definition) is 2. The van der Waals surface area contributed by atoms with Gasteiger partial charge in [-0.3, -0.25) is 0 Å². The van der Waals surface area contributed by atoms with Crippen LogP contribution < -0.4 is 0 Å². The average Bonchev–Trinajstić information content (AvgIpc) is 2.84. The summed E-state index contributed by atoms with van der Waals surface area (Å²) in [7, 11) is 0. The maximum atomic E-state index is 12.3. The molecule has 6 nitrogen and oxygen atoms in total. The van der Waals surface area contributed by atoms with E-state index in [1.165, 1.54) is 0 Å². The molecule has 1 saturated heterocycles. The molecule has 0 saturated carbocycles. The second-order valence-electron chi connectivity index (χ2n) is 7.50. The largest absolute Gasteiger partial charge is 0.458 e. The lowest BCUT2D eigenvalue weighted by atomic mass is 9.80. The zero-order chi connectivity index (χ0) is 19.6. The Hall–Kier alpha value is -1.92. The summed E-state index contributed by atoms with van der Waals surface area (Å²) < 4.78 is 11.0. The van der Waals surface area contributed by atoms with Gasteiger partial charge in [0.05, 0.1) is 17.6 Å². The van der Waals surface area contributed by atoms with E-state index in [4.69, 9.17) is 9.47 Å². The van der Waals surface area contributed by atoms with Gasteiger partial charge in [0.1, 0.15) is 12.2 Å². The van der Waals surface area contributed by atoms with Crippen LogP contribution in [0.2, 0.25) is 0 Å². The van der Waals surface area contributed by atoms with E-state index in [9.17, 15) is 19.8 Å². The van der Waals surface area contributed by atoms with Crippen molar-refractivity contribution >= 4 is 11.9 Å². The normalized spacial score (nSPS) is 38.1. The first-order valence-electron chi connectivity index (χ1n) is 8.88. The van der Waals surface area contributed by atoms with Gasteiger partial charge in [-0.2, -0.15) is 0 Å². The molecular weight excluding hydrogens is 336 g/mol. The lowest BCUT2D eigenvalue weighted by Gasteiger charge is -2.34. The van der Waals surface area contributed by atoms with Gasteiger partial charge < -0.3 is 19.7 Å². The first kappa shape index (κ1) is 20.4. The number of fused-ring (bicyclic) bond motifs is 1. The number of aliphatic hydroxyl groups is 2. The molecule has 2 N–H and O–H groups in total. The zero-order valence-electron chi connectivity index (χ0n) is 15.8. The first-order chi connectivity index (χ1) is 12.1. The first-order valence-corrected chi connectivity index (χ1v) is 8.88. The van der Waals surface area contributed by atoms with E-state index in [-0.39, 0.29) is 12.0 Å². The summed E-state index contributed by atoms with van der Waals surface area (Å²) in [6, 6.07) is 0. The quantitative estimate of drug-likeness (QED) is 0.443. The Bertz CT molecular complexity index is 657. The van der Waals surface area contributed by atoms with Gasteiger partial charge in [-0.05, 0) is 52.2 Å². The second-order valence-corrected chi connectivity index (χ2v) is 7.50. The van der Waals surface area contributed by atoms with E-state index < -0.39 is 41.8 Å². The van der Waals surface area contributed by atoms with Crippen molar-refractivity contribution in [2.75, 3.05) is 0 Å². The highest BCUT2D eigenvalue weighted by Gasteiger charge is 2.47. The van der Waals surface area contributed by atoms with Crippen LogP contribution in [0.15, 0.2) is 35.5 Å². The molecule has 0 radical (unpaired) electrons. The molecule has 6 heteroatoms. The van der Waals surface area contributed by atoms with E-state index in [2.05, 4.69) is 6.58 Å². The molecule has 1 fully saturated rings. The highest BCUT2D eigenvalue weighted by atomic mass is 16.6. The number of hydrogen-bond acceptors (Lipinski definition) is 6. The molecular formula is C20H28O6. The number of allylic oxidation sites excluding steroid dienone is 1. The molecule has 144 valence electrons. The van der Waals surface area contributed by atoms with Crippen LogP contribution >= 0.6 is 0 Å². The number of esters is 2. The van der Waals surface area contributed by atoms with Crippen molar-refractivity contribution in [1.29, 1.82) is 0 Å². The third-order valence-corrected chi connectivity index (χ3v) is 5.23. The SMILES string of the molecule is C=C1C(=O)O[C@@H]2/C=C(\C)[C@@H](O)CC[C@](C)(O)C[C@@H](OC(=O)/C(C)=C\C)[C@@H]12. The molecule has 26 heavy (non-hydrogen) atoms. The molecule has 0 spiro atoms. The van der Waals surface area contributed by atoms with Crippen molar-refractivity contribution in [2.24, 2.45) is 5.92 Å². The van der Waals surface area contributed by atoms with Crippen LogP contribution in [0.25, 0.3) is 0 Å². The highest BCUT2D eigenvalue weighted by molar-refractivity contribution is 5.92. The fourth-order valence-corrected chi connectivity index (χ4v) is 3.35. The van der Waals surface area contributed by atoms with E-state index in [1.807, 2.05) is 0 Å². The van der Waals surface area contributed by atoms with E-state index >= 15 is 0 Å². The molecule has 0 aromatic carbocycles. The molecule has 0 amide bonds. The Morgan fingerprint density at radius 3 is 2.77 bits per heavy atom. The van der Waals surface area contributed by atoms with Gasteiger partial charge in [-0.25, -0.2) is 9.59 Å². The van der Waals surface area contributed by atoms with Crippen LogP contribution in [0, 0.1) is 5.92 Å². The molecule has 1 heterocycles. The zero-order valence-corrected chi connectivity index (χ0v) is 15.8. The number of ether oxygens (including phenoxy) is 2. The van der Waals surface area contributed by atoms with Crippen molar-refractivity contribution < 1.29 is 29.3 Å². The fraction of sp³-hybridized carbons (Fsp3) is 0.600. The minimum absolute atomic E-state index is 0.117. The van der Waals surface area contributed by atoms with Crippen LogP contribution in [0.5, 0.6) is 0 Å². The van der Waals surface area contributed by atoms with Crippen LogP contribution in [0.4, 0.5) is 0 Å². The minimum Gasteiger partial charge on any atom is -0.458 e. The summed E-state index contributed by atoms with van der Waals surface area (Å²) in [5.74, 6) is -1.67. The van der Waals surface area contributed by atoms with Crippen LogP contribution in [0.1, 0.15) is 47.0 Å². The Morgan fingerprint density at radius 2 is 2.15 bits per heavy atom.